The number of aryl methyl sites for hydroxylation is 2. The second-order valence-electron chi connectivity index (χ2n) is 4.34. The van der Waals surface area contributed by atoms with Gasteiger partial charge in [-0.15, -0.1) is 11.3 Å². The molecule has 1 aromatic carbocycles. The first-order chi connectivity index (χ1) is 9.40. The number of halogens is 1. The molecule has 104 valence electrons. The van der Waals surface area contributed by atoms with Crippen LogP contribution in [0.2, 0.25) is 5.02 Å². The van der Waals surface area contributed by atoms with Gasteiger partial charge in [-0.1, -0.05) is 17.7 Å². The molecule has 2 N–H and O–H groups in total. The van der Waals surface area contributed by atoms with E-state index in [0.717, 1.165) is 22.5 Å². The zero-order valence-electron chi connectivity index (χ0n) is 10.9. The van der Waals surface area contributed by atoms with E-state index in [1.165, 1.54) is 0 Å². The molecule has 6 heteroatoms. The Balaban J connectivity index is 2.35. The highest BCUT2D eigenvalue weighted by Crippen LogP contribution is 2.28. The largest absolute Gasteiger partial charge is 0.477 e. The summed E-state index contributed by atoms with van der Waals surface area (Å²) in [5.41, 5.74) is 2.27. The fourth-order valence-electron chi connectivity index (χ4n) is 1.78. The molecule has 20 heavy (non-hydrogen) atoms. The molecule has 0 radical (unpaired) electrons. The van der Waals surface area contributed by atoms with Crippen LogP contribution in [0.1, 0.15) is 31.2 Å². The third-order valence-corrected chi connectivity index (χ3v) is 4.17. The van der Waals surface area contributed by atoms with Gasteiger partial charge in [0.15, 0.2) is 0 Å². The van der Waals surface area contributed by atoms with Crippen LogP contribution in [-0.4, -0.2) is 17.0 Å². The fourth-order valence-corrected chi connectivity index (χ4v) is 2.79. The lowest BCUT2D eigenvalue weighted by Crippen LogP contribution is -2.15. The van der Waals surface area contributed by atoms with Gasteiger partial charge in [0.05, 0.1) is 5.69 Å². The third-order valence-electron chi connectivity index (χ3n) is 2.85. The Morgan fingerprint density at radius 3 is 2.60 bits per heavy atom. The number of thiophene rings is 1. The van der Waals surface area contributed by atoms with Gasteiger partial charge in [0.2, 0.25) is 0 Å². The summed E-state index contributed by atoms with van der Waals surface area (Å²) in [4.78, 5) is 23.5. The molecular formula is C14H12ClNO3S. The number of rotatable bonds is 3. The highest BCUT2D eigenvalue weighted by atomic mass is 35.5. The molecule has 0 saturated heterocycles. The first-order valence-corrected chi connectivity index (χ1v) is 7.04. The number of anilines is 1. The van der Waals surface area contributed by atoms with Gasteiger partial charge in [-0.25, -0.2) is 4.79 Å². The zero-order chi connectivity index (χ0) is 14.9. The normalized spacial score (nSPS) is 10.3. The quantitative estimate of drug-likeness (QED) is 0.901. The van der Waals surface area contributed by atoms with E-state index in [9.17, 15) is 9.59 Å². The summed E-state index contributed by atoms with van der Waals surface area (Å²) in [6.07, 6.45) is 0. The van der Waals surface area contributed by atoms with Crippen molar-refractivity contribution in [2.75, 3.05) is 5.32 Å². The smallest absolute Gasteiger partial charge is 0.348 e. The molecule has 0 bridgehead atoms. The van der Waals surface area contributed by atoms with Crippen LogP contribution < -0.4 is 5.32 Å². The van der Waals surface area contributed by atoms with Crippen LogP contribution in [0.4, 0.5) is 5.69 Å². The maximum atomic E-state index is 12.3. The lowest BCUT2D eigenvalue weighted by Gasteiger charge is -2.09. The van der Waals surface area contributed by atoms with E-state index < -0.39 is 5.97 Å². The van der Waals surface area contributed by atoms with E-state index >= 15 is 0 Å². The van der Waals surface area contributed by atoms with Gasteiger partial charge in [-0.2, -0.15) is 0 Å². The van der Waals surface area contributed by atoms with E-state index in [1.807, 2.05) is 0 Å². The number of carboxylic acids is 1. The predicted octanol–water partition coefficient (Wildman–Crippen LogP) is 3.97. The Morgan fingerprint density at radius 2 is 1.95 bits per heavy atom. The molecule has 1 aromatic heterocycles. The summed E-state index contributed by atoms with van der Waals surface area (Å²) >= 11 is 6.97. The molecule has 0 spiro atoms. The summed E-state index contributed by atoms with van der Waals surface area (Å²) in [5.74, 6) is -1.42. The second-order valence-corrected chi connectivity index (χ2v) is 5.66. The van der Waals surface area contributed by atoms with E-state index in [-0.39, 0.29) is 10.8 Å². The minimum absolute atomic E-state index is 0.121. The Morgan fingerprint density at radius 1 is 1.25 bits per heavy atom. The number of amides is 1. The SMILES string of the molecule is Cc1ccc(Cl)cc1C(=O)Nc1c(C)csc1C(=O)O. The van der Waals surface area contributed by atoms with Crippen molar-refractivity contribution in [3.8, 4) is 0 Å². The predicted molar refractivity (Wildman–Crippen MR) is 80.2 cm³/mol. The van der Waals surface area contributed by atoms with Crippen LogP contribution in [0.15, 0.2) is 23.6 Å². The molecule has 0 aliphatic heterocycles. The van der Waals surface area contributed by atoms with Crippen LogP contribution in [-0.2, 0) is 0 Å². The molecular weight excluding hydrogens is 298 g/mol. The molecule has 0 atom stereocenters. The zero-order valence-corrected chi connectivity index (χ0v) is 12.4. The number of carbonyl (C=O) groups is 2. The molecule has 0 aliphatic rings. The average molecular weight is 310 g/mol. The maximum absolute atomic E-state index is 12.3. The van der Waals surface area contributed by atoms with Crippen molar-refractivity contribution in [1.29, 1.82) is 0 Å². The molecule has 0 fully saturated rings. The lowest BCUT2D eigenvalue weighted by molar-refractivity contribution is 0.0703. The van der Waals surface area contributed by atoms with Crippen LogP contribution in [0, 0.1) is 13.8 Å². The first-order valence-electron chi connectivity index (χ1n) is 5.79. The number of hydrogen-bond donors (Lipinski definition) is 2. The van der Waals surface area contributed by atoms with Gasteiger partial charge in [0.25, 0.3) is 5.91 Å². The number of benzene rings is 1. The van der Waals surface area contributed by atoms with Gasteiger partial charge < -0.3 is 10.4 Å². The molecule has 2 rings (SSSR count). The monoisotopic (exact) mass is 309 g/mol. The standard InChI is InChI=1S/C14H12ClNO3S/c1-7-3-4-9(15)5-10(7)13(17)16-11-8(2)6-20-12(11)14(18)19/h3-6H,1-2H3,(H,16,17)(H,18,19). The second kappa shape index (κ2) is 5.64. The third kappa shape index (κ3) is 2.84. The highest BCUT2D eigenvalue weighted by molar-refractivity contribution is 7.12. The Labute approximate surface area is 125 Å². The molecule has 4 nitrogen and oxygen atoms in total. The van der Waals surface area contributed by atoms with Crippen molar-refractivity contribution in [3.63, 3.8) is 0 Å². The Hall–Kier alpha value is -1.85. The van der Waals surface area contributed by atoms with Crippen molar-refractivity contribution >= 4 is 40.5 Å². The van der Waals surface area contributed by atoms with E-state index in [0.29, 0.717) is 16.3 Å². The van der Waals surface area contributed by atoms with Gasteiger partial charge in [-0.3, -0.25) is 4.79 Å². The molecule has 0 unspecified atom stereocenters. The molecule has 0 aliphatic carbocycles. The van der Waals surface area contributed by atoms with Crippen LogP contribution in [0.25, 0.3) is 0 Å². The molecule has 1 heterocycles. The summed E-state index contributed by atoms with van der Waals surface area (Å²) in [6, 6.07) is 5.01. The first kappa shape index (κ1) is 14.6. The minimum atomic E-state index is -1.05. The van der Waals surface area contributed by atoms with Gasteiger partial charge in [-0.05, 0) is 42.5 Å². The number of aromatic carboxylic acids is 1. The average Bonchev–Trinajstić information content (AvgIpc) is 2.74. The highest BCUT2D eigenvalue weighted by Gasteiger charge is 2.18. The summed E-state index contributed by atoms with van der Waals surface area (Å²) in [6.45, 7) is 3.55. The van der Waals surface area contributed by atoms with E-state index in [2.05, 4.69) is 5.32 Å². The lowest BCUT2D eigenvalue weighted by atomic mass is 10.1. The fraction of sp³-hybridized carbons (Fsp3) is 0.143. The Kier molecular flexibility index (Phi) is 4.11. The molecule has 1 amide bonds. The van der Waals surface area contributed by atoms with E-state index in [4.69, 9.17) is 16.7 Å². The minimum Gasteiger partial charge on any atom is -0.477 e. The molecule has 0 saturated carbocycles. The summed E-state index contributed by atoms with van der Waals surface area (Å²) in [5, 5.41) is 13.9. The number of nitrogens with one attached hydrogen (secondary N) is 1. The van der Waals surface area contributed by atoms with Crippen LogP contribution in [0.5, 0.6) is 0 Å². The van der Waals surface area contributed by atoms with Crippen molar-refractivity contribution in [1.82, 2.24) is 0 Å². The number of hydrogen-bond acceptors (Lipinski definition) is 3. The Bertz CT molecular complexity index is 694. The number of carbonyl (C=O) groups excluding carboxylic acids is 1. The molecule has 2 aromatic rings. The van der Waals surface area contributed by atoms with Crippen molar-refractivity contribution in [2.24, 2.45) is 0 Å². The maximum Gasteiger partial charge on any atom is 0.348 e. The van der Waals surface area contributed by atoms with Crippen LogP contribution in [0.3, 0.4) is 0 Å². The van der Waals surface area contributed by atoms with Gasteiger partial charge in [0.1, 0.15) is 4.88 Å². The van der Waals surface area contributed by atoms with Crippen molar-refractivity contribution in [3.05, 3.63) is 50.2 Å². The van der Waals surface area contributed by atoms with Gasteiger partial charge >= 0.3 is 5.97 Å². The van der Waals surface area contributed by atoms with Crippen molar-refractivity contribution < 1.29 is 14.7 Å². The summed E-state index contributed by atoms with van der Waals surface area (Å²) < 4.78 is 0. The number of carboxylic acid groups (broad SMARTS) is 1. The summed E-state index contributed by atoms with van der Waals surface area (Å²) in [7, 11) is 0. The van der Waals surface area contributed by atoms with Crippen LogP contribution >= 0.6 is 22.9 Å². The van der Waals surface area contributed by atoms with Crippen molar-refractivity contribution in [2.45, 2.75) is 13.8 Å². The van der Waals surface area contributed by atoms with E-state index in [1.54, 1.807) is 37.4 Å². The topological polar surface area (TPSA) is 66.4 Å². The van der Waals surface area contributed by atoms with Gasteiger partial charge in [0, 0.05) is 10.6 Å².